The normalized spacial score (nSPS) is 10.7. The molecule has 5 nitrogen and oxygen atoms in total. The fourth-order valence-corrected chi connectivity index (χ4v) is 3.16. The molecule has 0 radical (unpaired) electrons. The molecule has 3 aromatic rings. The van der Waals surface area contributed by atoms with Crippen molar-refractivity contribution in [3.8, 4) is 5.82 Å². The van der Waals surface area contributed by atoms with E-state index in [4.69, 9.17) is 23.2 Å². The van der Waals surface area contributed by atoms with E-state index in [1.165, 1.54) is 28.4 Å². The van der Waals surface area contributed by atoms with Gasteiger partial charge in [-0.15, -0.1) is 11.3 Å². The number of aryl methyl sites for hydroxylation is 1. The van der Waals surface area contributed by atoms with Crippen LogP contribution in [0.5, 0.6) is 0 Å². The van der Waals surface area contributed by atoms with Gasteiger partial charge in [-0.05, 0) is 30.0 Å². The van der Waals surface area contributed by atoms with Crippen molar-refractivity contribution in [2.45, 2.75) is 6.92 Å². The van der Waals surface area contributed by atoms with Crippen LogP contribution < -0.4 is 5.32 Å². The summed E-state index contributed by atoms with van der Waals surface area (Å²) in [4.78, 5) is 17.0. The first-order chi connectivity index (χ1) is 10.5. The third kappa shape index (κ3) is 2.99. The van der Waals surface area contributed by atoms with Crippen LogP contribution >= 0.6 is 34.5 Å². The van der Waals surface area contributed by atoms with Crippen molar-refractivity contribution in [2.24, 2.45) is 0 Å². The summed E-state index contributed by atoms with van der Waals surface area (Å²) in [6.07, 6.45) is 4.66. The molecule has 3 heterocycles. The summed E-state index contributed by atoms with van der Waals surface area (Å²) in [5.74, 6) is 0.279. The monoisotopic (exact) mass is 352 g/mol. The fourth-order valence-electron chi connectivity index (χ4n) is 1.87. The van der Waals surface area contributed by atoms with Gasteiger partial charge in [-0.2, -0.15) is 5.10 Å². The number of halogens is 2. The number of anilines is 1. The minimum atomic E-state index is -0.165. The van der Waals surface area contributed by atoms with Crippen LogP contribution in [0.3, 0.4) is 0 Å². The van der Waals surface area contributed by atoms with Crippen molar-refractivity contribution in [3.05, 3.63) is 56.6 Å². The summed E-state index contributed by atoms with van der Waals surface area (Å²) in [6, 6.07) is 3.49. The van der Waals surface area contributed by atoms with E-state index in [-0.39, 0.29) is 5.91 Å². The first kappa shape index (κ1) is 15.0. The molecule has 1 amide bonds. The van der Waals surface area contributed by atoms with Crippen molar-refractivity contribution in [2.75, 3.05) is 5.32 Å². The number of hydrogen-bond donors (Lipinski definition) is 1. The summed E-state index contributed by atoms with van der Waals surface area (Å²) in [5.41, 5.74) is 1.50. The molecule has 1 N–H and O–H groups in total. The van der Waals surface area contributed by atoms with Crippen molar-refractivity contribution < 1.29 is 4.79 Å². The third-order valence-corrected chi connectivity index (χ3v) is 4.41. The highest BCUT2D eigenvalue weighted by Gasteiger charge is 2.13. The van der Waals surface area contributed by atoms with E-state index in [0.717, 1.165) is 5.56 Å². The van der Waals surface area contributed by atoms with Gasteiger partial charge in [0, 0.05) is 6.20 Å². The van der Waals surface area contributed by atoms with Gasteiger partial charge in [0.25, 0.3) is 5.91 Å². The van der Waals surface area contributed by atoms with Crippen LogP contribution in [-0.2, 0) is 0 Å². The van der Waals surface area contributed by atoms with Gasteiger partial charge in [-0.25, -0.2) is 9.67 Å². The summed E-state index contributed by atoms with van der Waals surface area (Å²) in [7, 11) is 0. The first-order valence-corrected chi connectivity index (χ1v) is 7.89. The van der Waals surface area contributed by atoms with Crippen molar-refractivity contribution in [1.82, 2.24) is 14.8 Å². The Morgan fingerprint density at radius 1 is 1.36 bits per heavy atom. The smallest absolute Gasteiger partial charge is 0.266 e. The predicted octanol–water partition coefficient (Wildman–Crippen LogP) is 4.20. The molecule has 0 saturated carbocycles. The van der Waals surface area contributed by atoms with Gasteiger partial charge in [-0.3, -0.25) is 4.79 Å². The highest BCUT2D eigenvalue weighted by atomic mass is 35.5. The Balaban J connectivity index is 1.82. The highest BCUT2D eigenvalue weighted by Crippen LogP contribution is 2.23. The molecule has 3 rings (SSSR count). The molecule has 112 valence electrons. The van der Waals surface area contributed by atoms with Crippen molar-refractivity contribution in [3.63, 3.8) is 0 Å². The molecule has 0 unspecified atom stereocenters. The minimum Gasteiger partial charge on any atom is -0.319 e. The van der Waals surface area contributed by atoms with Crippen LogP contribution in [-0.4, -0.2) is 20.7 Å². The van der Waals surface area contributed by atoms with E-state index in [1.54, 1.807) is 12.3 Å². The molecular weight excluding hydrogens is 343 g/mol. The van der Waals surface area contributed by atoms with Gasteiger partial charge in [-0.1, -0.05) is 23.2 Å². The number of amides is 1. The number of thiophene rings is 1. The number of rotatable bonds is 3. The molecule has 0 bridgehead atoms. The zero-order valence-corrected chi connectivity index (χ0v) is 13.7. The first-order valence-electron chi connectivity index (χ1n) is 6.26. The van der Waals surface area contributed by atoms with E-state index in [1.807, 2.05) is 18.4 Å². The second-order valence-corrected chi connectivity index (χ2v) is 6.28. The number of nitrogens with zero attached hydrogens (tertiary/aromatic N) is 3. The summed E-state index contributed by atoms with van der Waals surface area (Å²) in [6.45, 7) is 1.90. The largest absolute Gasteiger partial charge is 0.319 e. The molecule has 0 fully saturated rings. The third-order valence-electron chi connectivity index (χ3n) is 2.91. The number of nitrogens with one attached hydrogen (secondary N) is 1. The topological polar surface area (TPSA) is 59.8 Å². The molecule has 0 aliphatic carbocycles. The molecule has 0 aliphatic heterocycles. The molecule has 0 saturated heterocycles. The van der Waals surface area contributed by atoms with Crippen LogP contribution in [0.25, 0.3) is 5.82 Å². The van der Waals surface area contributed by atoms with Crippen molar-refractivity contribution in [1.29, 1.82) is 0 Å². The van der Waals surface area contributed by atoms with E-state index < -0.39 is 0 Å². The Hall–Kier alpha value is -1.89. The Kier molecular flexibility index (Phi) is 4.15. The molecule has 0 aromatic carbocycles. The summed E-state index contributed by atoms with van der Waals surface area (Å²) in [5, 5.41) is 9.65. The molecular formula is C14H10Cl2N4OS. The van der Waals surface area contributed by atoms with Gasteiger partial charge >= 0.3 is 0 Å². The zero-order valence-electron chi connectivity index (χ0n) is 11.4. The van der Waals surface area contributed by atoms with E-state index in [0.29, 0.717) is 26.4 Å². The van der Waals surface area contributed by atoms with Crippen molar-refractivity contribution >= 4 is 46.1 Å². The van der Waals surface area contributed by atoms with Crippen LogP contribution in [0.1, 0.15) is 15.2 Å². The lowest BCUT2D eigenvalue weighted by Gasteiger charge is -2.03. The van der Waals surface area contributed by atoms with Crippen LogP contribution in [0.15, 0.2) is 36.1 Å². The Labute approximate surface area is 140 Å². The maximum absolute atomic E-state index is 12.2. The Morgan fingerprint density at radius 2 is 2.18 bits per heavy atom. The molecule has 0 aliphatic rings. The lowest BCUT2D eigenvalue weighted by atomic mass is 10.3. The fraction of sp³-hybridized carbons (Fsp3) is 0.0714. The maximum Gasteiger partial charge on any atom is 0.266 e. The van der Waals surface area contributed by atoms with Gasteiger partial charge < -0.3 is 5.32 Å². The molecule has 22 heavy (non-hydrogen) atoms. The standard InChI is InChI=1S/C14H10Cl2N4OS/c1-8-2-3-22-12(8)14(21)19-10-6-18-20(7-10)13-11(16)4-9(15)5-17-13/h2-7H,1H3,(H,19,21). The SMILES string of the molecule is Cc1ccsc1C(=O)Nc1cnn(-c2ncc(Cl)cc2Cl)c1. The highest BCUT2D eigenvalue weighted by molar-refractivity contribution is 7.12. The number of carbonyl (C=O) groups excluding carboxylic acids is 1. The Bertz CT molecular complexity index is 843. The zero-order chi connectivity index (χ0) is 15.7. The second kappa shape index (κ2) is 6.08. The Morgan fingerprint density at radius 3 is 2.86 bits per heavy atom. The van der Waals surface area contributed by atoms with E-state index in [2.05, 4.69) is 15.4 Å². The maximum atomic E-state index is 12.2. The molecule has 8 heteroatoms. The quantitative estimate of drug-likeness (QED) is 0.768. The number of pyridine rings is 1. The average Bonchev–Trinajstić information content (AvgIpc) is 3.08. The van der Waals surface area contributed by atoms with Gasteiger partial charge in [0.05, 0.1) is 33.0 Å². The molecule has 3 aromatic heterocycles. The number of aromatic nitrogens is 3. The number of carbonyl (C=O) groups is 1. The van der Waals surface area contributed by atoms with E-state index in [9.17, 15) is 4.79 Å². The van der Waals surface area contributed by atoms with Gasteiger partial charge in [0.15, 0.2) is 5.82 Å². The van der Waals surface area contributed by atoms with Crippen LogP contribution in [0.4, 0.5) is 5.69 Å². The molecule has 0 spiro atoms. The van der Waals surface area contributed by atoms with Gasteiger partial charge in [0.1, 0.15) is 0 Å². The summed E-state index contributed by atoms with van der Waals surface area (Å²) >= 11 is 13.3. The minimum absolute atomic E-state index is 0.165. The number of hydrogen-bond acceptors (Lipinski definition) is 4. The average molecular weight is 353 g/mol. The van der Waals surface area contributed by atoms with Gasteiger partial charge in [0.2, 0.25) is 0 Å². The second-order valence-electron chi connectivity index (χ2n) is 4.52. The lowest BCUT2D eigenvalue weighted by molar-refractivity contribution is 0.103. The lowest BCUT2D eigenvalue weighted by Crippen LogP contribution is -2.10. The van der Waals surface area contributed by atoms with Crippen LogP contribution in [0.2, 0.25) is 10.0 Å². The van der Waals surface area contributed by atoms with E-state index >= 15 is 0 Å². The summed E-state index contributed by atoms with van der Waals surface area (Å²) < 4.78 is 1.48. The van der Waals surface area contributed by atoms with Crippen LogP contribution in [0, 0.1) is 6.92 Å². The predicted molar refractivity (Wildman–Crippen MR) is 88.4 cm³/mol. The molecule has 0 atom stereocenters.